The number of rotatable bonds is 8. The predicted molar refractivity (Wildman–Crippen MR) is 78.1 cm³/mol. The summed E-state index contributed by atoms with van der Waals surface area (Å²) in [5, 5.41) is 3.28. The van der Waals surface area contributed by atoms with E-state index in [4.69, 9.17) is 4.74 Å². The third kappa shape index (κ3) is 4.20. The minimum absolute atomic E-state index is 0.0717. The second-order valence-electron chi connectivity index (χ2n) is 4.96. The van der Waals surface area contributed by atoms with Gasteiger partial charge in [-0.3, -0.25) is 0 Å². The molecule has 0 aliphatic carbocycles. The van der Waals surface area contributed by atoms with Crippen LogP contribution in [0.5, 0.6) is 5.75 Å². The van der Waals surface area contributed by atoms with Crippen molar-refractivity contribution >= 4 is 0 Å². The Morgan fingerprint density at radius 3 is 2.53 bits per heavy atom. The van der Waals surface area contributed by atoms with Gasteiger partial charge in [-0.1, -0.05) is 39.2 Å². The molecule has 108 valence electrons. The fourth-order valence-corrected chi connectivity index (χ4v) is 2.60. The van der Waals surface area contributed by atoms with Crippen LogP contribution in [-0.4, -0.2) is 14.2 Å². The van der Waals surface area contributed by atoms with Gasteiger partial charge in [0.15, 0.2) is 0 Å². The van der Waals surface area contributed by atoms with E-state index in [1.165, 1.54) is 18.9 Å². The molecule has 2 atom stereocenters. The van der Waals surface area contributed by atoms with Crippen LogP contribution >= 0.6 is 0 Å². The molecular weight excluding hydrogens is 241 g/mol. The summed E-state index contributed by atoms with van der Waals surface area (Å²) in [5.74, 6) is 0.846. The first-order valence-electron chi connectivity index (χ1n) is 7.18. The van der Waals surface area contributed by atoms with Crippen molar-refractivity contribution in [2.24, 2.45) is 5.92 Å². The first kappa shape index (κ1) is 16.0. The highest BCUT2D eigenvalue weighted by molar-refractivity contribution is 5.31. The average Bonchev–Trinajstić information content (AvgIpc) is 2.44. The molecule has 0 saturated heterocycles. The molecule has 1 N–H and O–H groups in total. The van der Waals surface area contributed by atoms with E-state index in [9.17, 15) is 4.39 Å². The zero-order valence-electron chi connectivity index (χ0n) is 12.5. The number of hydrogen-bond acceptors (Lipinski definition) is 2. The Hall–Kier alpha value is -1.09. The van der Waals surface area contributed by atoms with Crippen LogP contribution < -0.4 is 10.1 Å². The summed E-state index contributed by atoms with van der Waals surface area (Å²) in [6.45, 7) is 4.36. The number of methoxy groups -OCH3 is 1. The van der Waals surface area contributed by atoms with E-state index in [2.05, 4.69) is 19.2 Å². The van der Waals surface area contributed by atoms with E-state index in [1.807, 2.05) is 19.2 Å². The number of unbranched alkanes of at least 4 members (excludes halogenated alkanes) is 1. The van der Waals surface area contributed by atoms with Crippen LogP contribution in [0.4, 0.5) is 4.39 Å². The van der Waals surface area contributed by atoms with Gasteiger partial charge in [0.25, 0.3) is 0 Å². The molecule has 0 saturated carbocycles. The number of hydrogen-bond donors (Lipinski definition) is 1. The van der Waals surface area contributed by atoms with E-state index in [0.29, 0.717) is 11.7 Å². The van der Waals surface area contributed by atoms with E-state index in [1.54, 1.807) is 7.11 Å². The van der Waals surface area contributed by atoms with Crippen molar-refractivity contribution in [3.63, 3.8) is 0 Å². The normalized spacial score (nSPS) is 14.2. The summed E-state index contributed by atoms with van der Waals surface area (Å²) in [5.41, 5.74) is 0.742. The summed E-state index contributed by atoms with van der Waals surface area (Å²) >= 11 is 0. The zero-order chi connectivity index (χ0) is 14.3. The number of benzene rings is 1. The van der Waals surface area contributed by atoms with Gasteiger partial charge < -0.3 is 10.1 Å². The summed E-state index contributed by atoms with van der Waals surface area (Å²) in [4.78, 5) is 0. The van der Waals surface area contributed by atoms with Crippen molar-refractivity contribution in [1.82, 2.24) is 5.32 Å². The molecule has 0 amide bonds. The monoisotopic (exact) mass is 267 g/mol. The largest absolute Gasteiger partial charge is 0.497 e. The van der Waals surface area contributed by atoms with Crippen LogP contribution in [0, 0.1) is 11.7 Å². The molecule has 2 unspecified atom stereocenters. The van der Waals surface area contributed by atoms with Crippen molar-refractivity contribution in [3.05, 3.63) is 29.6 Å². The second kappa shape index (κ2) is 8.16. The van der Waals surface area contributed by atoms with E-state index < -0.39 is 0 Å². The number of halogens is 1. The Labute approximate surface area is 116 Å². The maximum Gasteiger partial charge on any atom is 0.131 e. The maximum absolute atomic E-state index is 14.2. The van der Waals surface area contributed by atoms with Crippen molar-refractivity contribution in [3.8, 4) is 5.75 Å². The summed E-state index contributed by atoms with van der Waals surface area (Å²) < 4.78 is 19.2. The molecule has 0 spiro atoms. The minimum atomic E-state index is -0.186. The van der Waals surface area contributed by atoms with Crippen molar-refractivity contribution in [2.75, 3.05) is 14.2 Å². The van der Waals surface area contributed by atoms with Crippen LogP contribution in [0.15, 0.2) is 18.2 Å². The topological polar surface area (TPSA) is 21.3 Å². The summed E-state index contributed by atoms with van der Waals surface area (Å²) in [6, 6.07) is 5.20. The standard InChI is InChI=1S/C16H26FNO/c1-5-7-8-12(6-2)16(18-3)14-10-9-13(19-4)11-15(14)17/h9-12,16,18H,5-8H2,1-4H3. The Bertz CT molecular complexity index is 381. The van der Waals surface area contributed by atoms with E-state index in [0.717, 1.165) is 18.4 Å². The lowest BCUT2D eigenvalue weighted by atomic mass is 9.86. The third-order valence-corrected chi connectivity index (χ3v) is 3.78. The van der Waals surface area contributed by atoms with Crippen LogP contribution in [0.25, 0.3) is 0 Å². The van der Waals surface area contributed by atoms with Crippen LogP contribution in [0.3, 0.4) is 0 Å². The Kier molecular flexibility index (Phi) is 6.85. The molecule has 0 aromatic heterocycles. The maximum atomic E-state index is 14.2. The lowest BCUT2D eigenvalue weighted by Crippen LogP contribution is -2.26. The molecule has 2 nitrogen and oxygen atoms in total. The lowest BCUT2D eigenvalue weighted by Gasteiger charge is -2.27. The number of nitrogens with one attached hydrogen (secondary N) is 1. The molecule has 0 fully saturated rings. The smallest absolute Gasteiger partial charge is 0.131 e. The summed E-state index contributed by atoms with van der Waals surface area (Å²) in [7, 11) is 3.46. The molecule has 3 heteroatoms. The molecule has 0 bridgehead atoms. The summed E-state index contributed by atoms with van der Waals surface area (Å²) in [6.07, 6.45) is 4.55. The lowest BCUT2D eigenvalue weighted by molar-refractivity contribution is 0.330. The highest BCUT2D eigenvalue weighted by Crippen LogP contribution is 2.31. The Morgan fingerprint density at radius 2 is 2.05 bits per heavy atom. The SMILES string of the molecule is CCCCC(CC)C(NC)c1ccc(OC)cc1F. The van der Waals surface area contributed by atoms with Gasteiger partial charge in [-0.15, -0.1) is 0 Å². The molecule has 0 radical (unpaired) electrons. The van der Waals surface area contributed by atoms with E-state index >= 15 is 0 Å². The zero-order valence-corrected chi connectivity index (χ0v) is 12.5. The molecule has 0 heterocycles. The molecule has 1 aromatic rings. The highest BCUT2D eigenvalue weighted by Gasteiger charge is 2.22. The van der Waals surface area contributed by atoms with Gasteiger partial charge in [-0.05, 0) is 25.5 Å². The number of ether oxygens (including phenoxy) is 1. The van der Waals surface area contributed by atoms with Gasteiger partial charge >= 0.3 is 0 Å². The Morgan fingerprint density at radius 1 is 1.32 bits per heavy atom. The first-order valence-corrected chi connectivity index (χ1v) is 7.18. The molecule has 1 rings (SSSR count). The van der Waals surface area contributed by atoms with Crippen LogP contribution in [-0.2, 0) is 0 Å². The highest BCUT2D eigenvalue weighted by atomic mass is 19.1. The predicted octanol–water partition coefficient (Wildman–Crippen LogP) is 4.31. The second-order valence-corrected chi connectivity index (χ2v) is 4.96. The van der Waals surface area contributed by atoms with Crippen LogP contribution in [0.2, 0.25) is 0 Å². The van der Waals surface area contributed by atoms with Gasteiger partial charge in [0.2, 0.25) is 0 Å². The fraction of sp³-hybridized carbons (Fsp3) is 0.625. The average molecular weight is 267 g/mol. The Balaban J connectivity index is 2.94. The first-order chi connectivity index (χ1) is 9.17. The van der Waals surface area contributed by atoms with E-state index in [-0.39, 0.29) is 11.9 Å². The third-order valence-electron chi connectivity index (χ3n) is 3.78. The van der Waals surface area contributed by atoms with Crippen molar-refractivity contribution in [1.29, 1.82) is 0 Å². The molecular formula is C16H26FNO. The van der Waals surface area contributed by atoms with Gasteiger partial charge in [0.05, 0.1) is 7.11 Å². The fourth-order valence-electron chi connectivity index (χ4n) is 2.60. The van der Waals surface area contributed by atoms with Gasteiger partial charge in [0, 0.05) is 17.7 Å². The molecule has 0 aliphatic rings. The molecule has 19 heavy (non-hydrogen) atoms. The molecule has 0 aliphatic heterocycles. The molecule has 1 aromatic carbocycles. The quantitative estimate of drug-likeness (QED) is 0.757. The van der Waals surface area contributed by atoms with Gasteiger partial charge in [-0.2, -0.15) is 0 Å². The van der Waals surface area contributed by atoms with Gasteiger partial charge in [0.1, 0.15) is 11.6 Å². The van der Waals surface area contributed by atoms with Crippen molar-refractivity contribution in [2.45, 2.75) is 45.6 Å². The van der Waals surface area contributed by atoms with Gasteiger partial charge in [-0.25, -0.2) is 4.39 Å². The van der Waals surface area contributed by atoms with Crippen LogP contribution in [0.1, 0.15) is 51.1 Å². The van der Waals surface area contributed by atoms with Crippen molar-refractivity contribution < 1.29 is 9.13 Å². The minimum Gasteiger partial charge on any atom is -0.497 e.